The molecular weight excluding hydrogens is 398 g/mol. The zero-order valence-electron chi connectivity index (χ0n) is 15.7. The number of hydrogen-bond acceptors (Lipinski definition) is 8. The Hall–Kier alpha value is -4.15. The van der Waals surface area contributed by atoms with Crippen molar-refractivity contribution in [2.45, 2.75) is 13.0 Å². The minimum atomic E-state index is -1.26. The van der Waals surface area contributed by atoms with Crippen molar-refractivity contribution in [1.29, 1.82) is 0 Å². The molecule has 0 aliphatic carbocycles. The van der Waals surface area contributed by atoms with E-state index in [9.17, 15) is 24.5 Å². The van der Waals surface area contributed by atoms with Crippen molar-refractivity contribution >= 4 is 29.2 Å². The van der Waals surface area contributed by atoms with Gasteiger partial charge in [-0.3, -0.25) is 19.7 Å². The van der Waals surface area contributed by atoms with Crippen LogP contribution in [0.1, 0.15) is 27.6 Å². The van der Waals surface area contributed by atoms with E-state index in [2.05, 4.69) is 5.32 Å². The number of nitro groups is 1. The van der Waals surface area contributed by atoms with Gasteiger partial charge in [0.2, 0.25) is 5.91 Å². The summed E-state index contributed by atoms with van der Waals surface area (Å²) in [5, 5.41) is 13.8. The summed E-state index contributed by atoms with van der Waals surface area (Å²) in [7, 11) is 0. The predicted molar refractivity (Wildman–Crippen MR) is 103 cm³/mol. The smallest absolute Gasteiger partial charge is 0.346 e. The number of primary amides is 1. The molecule has 156 valence electrons. The Morgan fingerprint density at radius 2 is 1.73 bits per heavy atom. The van der Waals surface area contributed by atoms with Crippen molar-refractivity contribution in [3.05, 3.63) is 57.6 Å². The molecule has 2 aromatic carbocycles. The van der Waals surface area contributed by atoms with E-state index in [0.717, 1.165) is 12.1 Å². The van der Waals surface area contributed by atoms with E-state index in [0.29, 0.717) is 5.69 Å². The van der Waals surface area contributed by atoms with Crippen LogP contribution in [0.2, 0.25) is 0 Å². The van der Waals surface area contributed by atoms with Crippen LogP contribution in [0.25, 0.3) is 0 Å². The van der Waals surface area contributed by atoms with Crippen LogP contribution in [0.5, 0.6) is 11.5 Å². The Balaban J connectivity index is 1.72. The summed E-state index contributed by atoms with van der Waals surface area (Å²) < 4.78 is 15.7. The van der Waals surface area contributed by atoms with Gasteiger partial charge in [-0.05, 0) is 31.2 Å². The first-order valence-corrected chi connectivity index (χ1v) is 8.76. The maximum Gasteiger partial charge on any atom is 0.346 e. The molecule has 0 spiro atoms. The van der Waals surface area contributed by atoms with Gasteiger partial charge in [-0.1, -0.05) is 0 Å². The zero-order valence-corrected chi connectivity index (χ0v) is 15.7. The van der Waals surface area contributed by atoms with Gasteiger partial charge in [0, 0.05) is 17.3 Å². The number of nitro benzene ring substituents is 1. The van der Waals surface area contributed by atoms with E-state index >= 15 is 0 Å². The summed E-state index contributed by atoms with van der Waals surface area (Å²) in [5.74, 6) is -2.03. The largest absolute Gasteiger partial charge is 0.486 e. The summed E-state index contributed by atoms with van der Waals surface area (Å²) in [4.78, 5) is 46.4. The topological polar surface area (TPSA) is 160 Å². The fraction of sp³-hybridized carbons (Fsp3) is 0.211. The van der Waals surface area contributed by atoms with Gasteiger partial charge in [0.15, 0.2) is 17.6 Å². The van der Waals surface area contributed by atoms with Gasteiger partial charge in [0.25, 0.3) is 11.6 Å². The van der Waals surface area contributed by atoms with Gasteiger partial charge in [-0.25, -0.2) is 4.79 Å². The second kappa shape index (κ2) is 8.47. The average molecular weight is 415 g/mol. The highest BCUT2D eigenvalue weighted by Crippen LogP contribution is 2.37. The van der Waals surface area contributed by atoms with Crippen molar-refractivity contribution in [1.82, 2.24) is 0 Å². The number of hydrogen-bond donors (Lipinski definition) is 2. The van der Waals surface area contributed by atoms with E-state index in [1.165, 1.54) is 31.2 Å². The molecule has 11 heteroatoms. The molecule has 2 amide bonds. The Morgan fingerprint density at radius 3 is 2.30 bits per heavy atom. The van der Waals surface area contributed by atoms with Crippen molar-refractivity contribution in [3.63, 3.8) is 0 Å². The third-order valence-electron chi connectivity index (χ3n) is 4.17. The van der Waals surface area contributed by atoms with Crippen molar-refractivity contribution in [2.75, 3.05) is 18.5 Å². The van der Waals surface area contributed by atoms with Gasteiger partial charge in [-0.15, -0.1) is 0 Å². The lowest BCUT2D eigenvalue weighted by atomic mass is 10.1. The van der Waals surface area contributed by atoms with Crippen LogP contribution in [0.3, 0.4) is 0 Å². The second-order valence-electron chi connectivity index (χ2n) is 6.25. The molecule has 0 aromatic heterocycles. The lowest BCUT2D eigenvalue weighted by Crippen LogP contribution is -2.30. The van der Waals surface area contributed by atoms with Crippen LogP contribution in [0.15, 0.2) is 36.4 Å². The third-order valence-corrected chi connectivity index (χ3v) is 4.17. The van der Waals surface area contributed by atoms with Gasteiger partial charge in [0.05, 0.1) is 11.0 Å². The van der Waals surface area contributed by atoms with Crippen molar-refractivity contribution in [2.24, 2.45) is 5.73 Å². The van der Waals surface area contributed by atoms with Crippen LogP contribution in [0, 0.1) is 10.1 Å². The first-order valence-electron chi connectivity index (χ1n) is 8.76. The Morgan fingerprint density at radius 1 is 1.13 bits per heavy atom. The molecule has 30 heavy (non-hydrogen) atoms. The Bertz CT molecular complexity index is 1020. The summed E-state index contributed by atoms with van der Waals surface area (Å²) in [5.41, 5.74) is 4.86. The van der Waals surface area contributed by atoms with E-state index in [1.807, 2.05) is 0 Å². The van der Waals surface area contributed by atoms with Crippen LogP contribution in [-0.4, -0.2) is 42.0 Å². The number of carbonyl (C=O) groups is 3. The lowest BCUT2D eigenvalue weighted by molar-refractivity contribution is -0.385. The lowest BCUT2D eigenvalue weighted by Gasteiger charge is -2.19. The number of nitrogens with zero attached hydrogens (tertiary/aromatic N) is 1. The molecule has 0 bridgehead atoms. The van der Waals surface area contributed by atoms with E-state index in [1.54, 1.807) is 0 Å². The maximum absolute atomic E-state index is 12.5. The van der Waals surface area contributed by atoms with Gasteiger partial charge >= 0.3 is 5.97 Å². The first kappa shape index (κ1) is 20.6. The number of esters is 1. The number of rotatable bonds is 6. The SMILES string of the molecule is C[C@@H](OC(=O)c1cc2c(cc1[N+](=O)[O-])OCCO2)C(=O)Nc1ccc(C(N)=O)cc1. The van der Waals surface area contributed by atoms with Crippen molar-refractivity contribution in [3.8, 4) is 11.5 Å². The molecule has 3 N–H and O–H groups in total. The van der Waals surface area contributed by atoms with E-state index in [-0.39, 0.29) is 35.8 Å². The van der Waals surface area contributed by atoms with Crippen LogP contribution >= 0.6 is 0 Å². The third kappa shape index (κ3) is 4.46. The molecule has 3 rings (SSSR count). The molecule has 0 radical (unpaired) electrons. The average Bonchev–Trinajstić information content (AvgIpc) is 2.72. The molecule has 0 saturated heterocycles. The van der Waals surface area contributed by atoms with Gasteiger partial charge in [0.1, 0.15) is 18.8 Å². The molecular formula is C19H17N3O8. The highest BCUT2D eigenvalue weighted by Gasteiger charge is 2.29. The zero-order chi connectivity index (χ0) is 21.8. The van der Waals surface area contributed by atoms with E-state index < -0.39 is 34.5 Å². The molecule has 1 aliphatic rings. The second-order valence-corrected chi connectivity index (χ2v) is 6.25. The molecule has 0 unspecified atom stereocenters. The summed E-state index contributed by atoms with van der Waals surface area (Å²) in [6, 6.07) is 8.00. The standard InChI is InChI=1S/C19H17N3O8/c1-10(18(24)21-12-4-2-11(3-5-12)17(20)23)30-19(25)13-8-15-16(29-7-6-28-15)9-14(13)22(26)27/h2-5,8-10H,6-7H2,1H3,(H2,20,23)(H,21,24)/t10-/m1/s1. The van der Waals surface area contributed by atoms with Crippen LogP contribution < -0.4 is 20.5 Å². The number of anilines is 1. The van der Waals surface area contributed by atoms with Crippen LogP contribution in [-0.2, 0) is 9.53 Å². The number of fused-ring (bicyclic) bond motifs is 1. The maximum atomic E-state index is 12.5. The highest BCUT2D eigenvalue weighted by atomic mass is 16.6. The molecule has 1 aliphatic heterocycles. The van der Waals surface area contributed by atoms with E-state index in [4.69, 9.17) is 19.9 Å². The van der Waals surface area contributed by atoms with Crippen molar-refractivity contribution < 1.29 is 33.5 Å². The molecule has 0 fully saturated rings. The first-order chi connectivity index (χ1) is 14.3. The van der Waals surface area contributed by atoms with Gasteiger partial charge in [-0.2, -0.15) is 0 Å². The minimum absolute atomic E-state index is 0.148. The number of carbonyl (C=O) groups excluding carboxylic acids is 3. The quantitative estimate of drug-likeness (QED) is 0.409. The fourth-order valence-corrected chi connectivity index (χ4v) is 2.63. The van der Waals surface area contributed by atoms with Gasteiger partial charge < -0.3 is 25.3 Å². The normalized spacial score (nSPS) is 13.1. The predicted octanol–water partition coefficient (Wildman–Crippen LogP) is 1.65. The number of nitrogens with two attached hydrogens (primary N) is 1. The number of nitrogens with one attached hydrogen (secondary N) is 1. The van der Waals surface area contributed by atoms with Crippen LogP contribution in [0.4, 0.5) is 11.4 Å². The fourth-order valence-electron chi connectivity index (χ4n) is 2.63. The molecule has 1 heterocycles. The molecule has 1 atom stereocenters. The molecule has 0 saturated carbocycles. The molecule has 2 aromatic rings. The summed E-state index contributed by atoms with van der Waals surface area (Å²) in [6.45, 7) is 1.77. The summed E-state index contributed by atoms with van der Waals surface area (Å²) in [6.07, 6.45) is -1.26. The number of ether oxygens (including phenoxy) is 3. The highest BCUT2D eigenvalue weighted by molar-refractivity contribution is 6.00. The monoisotopic (exact) mass is 415 g/mol. The summed E-state index contributed by atoms with van der Waals surface area (Å²) >= 11 is 0. The Kier molecular flexibility index (Phi) is 5.81. The number of amides is 2. The Labute approximate surface area is 169 Å². The molecule has 11 nitrogen and oxygen atoms in total. The number of benzene rings is 2. The minimum Gasteiger partial charge on any atom is -0.486 e.